The van der Waals surface area contributed by atoms with Crippen LogP contribution in [0.1, 0.15) is 12.8 Å². The van der Waals surface area contributed by atoms with Crippen LogP contribution < -0.4 is 5.32 Å². The molecule has 2 amide bonds. The normalized spacial score (nSPS) is 18.7. The van der Waals surface area contributed by atoms with E-state index in [1.54, 1.807) is 0 Å². The standard InChI is InChI=1S/C13H14ClFN2O3/c14-11-9(15)4-1-5-10(11)16-13(20)17-6-2-3-8(7-17)12(18)19/h1,4-5,8H,2-3,6-7H2,(H,16,20)(H,18,19). The number of likely N-dealkylation sites (tertiary alicyclic amines) is 1. The first-order valence-electron chi connectivity index (χ1n) is 6.22. The third kappa shape index (κ3) is 3.19. The van der Waals surface area contributed by atoms with Gasteiger partial charge in [0.2, 0.25) is 0 Å². The minimum atomic E-state index is -0.911. The fourth-order valence-electron chi connectivity index (χ4n) is 2.16. The Morgan fingerprint density at radius 2 is 2.20 bits per heavy atom. The highest BCUT2D eigenvalue weighted by molar-refractivity contribution is 6.33. The summed E-state index contributed by atoms with van der Waals surface area (Å²) in [5.74, 6) is -2.09. The maximum atomic E-state index is 13.3. The summed E-state index contributed by atoms with van der Waals surface area (Å²) >= 11 is 5.75. The van der Waals surface area contributed by atoms with Crippen molar-refractivity contribution in [3.8, 4) is 0 Å². The highest BCUT2D eigenvalue weighted by atomic mass is 35.5. The first-order chi connectivity index (χ1) is 9.49. The van der Waals surface area contributed by atoms with Gasteiger partial charge >= 0.3 is 12.0 Å². The second-order valence-electron chi connectivity index (χ2n) is 4.65. The lowest BCUT2D eigenvalue weighted by Crippen LogP contribution is -2.44. The van der Waals surface area contributed by atoms with Crippen molar-refractivity contribution in [2.75, 3.05) is 18.4 Å². The highest BCUT2D eigenvalue weighted by Crippen LogP contribution is 2.25. The Bertz CT molecular complexity index is 538. The molecule has 0 radical (unpaired) electrons. The SMILES string of the molecule is O=C(O)C1CCCN(C(=O)Nc2cccc(F)c2Cl)C1. The van der Waals surface area contributed by atoms with Gasteiger partial charge in [-0.1, -0.05) is 17.7 Å². The van der Waals surface area contributed by atoms with Crippen molar-refractivity contribution in [2.24, 2.45) is 5.92 Å². The smallest absolute Gasteiger partial charge is 0.321 e. The number of halogens is 2. The average molecular weight is 301 g/mol. The molecule has 1 aromatic rings. The topological polar surface area (TPSA) is 69.6 Å². The Balaban J connectivity index is 2.04. The Labute approximate surface area is 120 Å². The van der Waals surface area contributed by atoms with E-state index in [9.17, 15) is 14.0 Å². The lowest BCUT2D eigenvalue weighted by Gasteiger charge is -2.30. The number of hydrogen-bond acceptors (Lipinski definition) is 2. The Morgan fingerprint density at radius 1 is 1.45 bits per heavy atom. The predicted octanol–water partition coefficient (Wildman–Crippen LogP) is 2.81. The number of amides is 2. The second-order valence-corrected chi connectivity index (χ2v) is 5.03. The van der Waals surface area contributed by atoms with Crippen molar-refractivity contribution in [1.82, 2.24) is 4.90 Å². The second kappa shape index (κ2) is 6.09. The molecule has 0 spiro atoms. The number of urea groups is 1. The molecule has 1 atom stereocenters. The number of carbonyl (C=O) groups is 2. The van der Waals surface area contributed by atoms with Crippen molar-refractivity contribution < 1.29 is 19.1 Å². The van der Waals surface area contributed by atoms with Gasteiger partial charge in [0.25, 0.3) is 0 Å². The van der Waals surface area contributed by atoms with Crippen LogP contribution >= 0.6 is 11.6 Å². The molecule has 1 heterocycles. The maximum Gasteiger partial charge on any atom is 0.321 e. The van der Waals surface area contributed by atoms with Crippen LogP contribution in [-0.4, -0.2) is 35.1 Å². The summed E-state index contributed by atoms with van der Waals surface area (Å²) < 4.78 is 13.3. The molecule has 20 heavy (non-hydrogen) atoms. The molecule has 5 nitrogen and oxygen atoms in total. The first-order valence-corrected chi connectivity index (χ1v) is 6.59. The van der Waals surface area contributed by atoms with Gasteiger partial charge in [-0.15, -0.1) is 0 Å². The molecule has 0 bridgehead atoms. The number of hydrogen-bond donors (Lipinski definition) is 2. The van der Waals surface area contributed by atoms with Gasteiger partial charge in [0.05, 0.1) is 16.6 Å². The van der Waals surface area contributed by atoms with Crippen LogP contribution in [0, 0.1) is 11.7 Å². The van der Waals surface area contributed by atoms with E-state index in [2.05, 4.69) is 5.32 Å². The lowest BCUT2D eigenvalue weighted by atomic mass is 9.99. The van der Waals surface area contributed by atoms with E-state index in [-0.39, 0.29) is 17.3 Å². The zero-order valence-corrected chi connectivity index (χ0v) is 11.4. The number of piperidine rings is 1. The number of nitrogens with zero attached hydrogens (tertiary/aromatic N) is 1. The van der Waals surface area contributed by atoms with Gasteiger partial charge in [-0.2, -0.15) is 0 Å². The Morgan fingerprint density at radius 3 is 2.90 bits per heavy atom. The largest absolute Gasteiger partial charge is 0.481 e. The number of carbonyl (C=O) groups excluding carboxylic acids is 1. The third-order valence-electron chi connectivity index (χ3n) is 3.25. The molecule has 2 N–H and O–H groups in total. The van der Waals surface area contributed by atoms with Crippen molar-refractivity contribution in [3.63, 3.8) is 0 Å². The lowest BCUT2D eigenvalue weighted by molar-refractivity contribution is -0.143. The maximum absolute atomic E-state index is 13.3. The fraction of sp³-hybridized carbons (Fsp3) is 0.385. The Kier molecular flexibility index (Phi) is 4.44. The predicted molar refractivity (Wildman–Crippen MR) is 72.4 cm³/mol. The summed E-state index contributed by atoms with van der Waals surface area (Å²) in [4.78, 5) is 24.4. The van der Waals surface area contributed by atoms with Crippen LogP contribution in [0.3, 0.4) is 0 Å². The minimum absolute atomic E-state index is 0.147. The van der Waals surface area contributed by atoms with Gasteiger partial charge in [-0.05, 0) is 25.0 Å². The fourth-order valence-corrected chi connectivity index (χ4v) is 2.33. The van der Waals surface area contributed by atoms with E-state index in [0.29, 0.717) is 19.4 Å². The molecule has 0 aliphatic carbocycles. The molecule has 0 saturated carbocycles. The average Bonchev–Trinajstić information content (AvgIpc) is 2.44. The van der Waals surface area contributed by atoms with E-state index in [0.717, 1.165) is 0 Å². The van der Waals surface area contributed by atoms with Gasteiger partial charge in [0.1, 0.15) is 5.82 Å². The highest BCUT2D eigenvalue weighted by Gasteiger charge is 2.28. The summed E-state index contributed by atoms with van der Waals surface area (Å²) in [6.45, 7) is 0.622. The number of carboxylic acids is 1. The minimum Gasteiger partial charge on any atom is -0.481 e. The summed E-state index contributed by atoms with van der Waals surface area (Å²) in [7, 11) is 0. The molecule has 1 fully saturated rings. The first kappa shape index (κ1) is 14.6. The summed E-state index contributed by atoms with van der Waals surface area (Å²) in [6, 6.07) is 3.65. The molecule has 1 saturated heterocycles. The molecular formula is C13H14ClFN2O3. The zero-order valence-electron chi connectivity index (χ0n) is 10.6. The van der Waals surface area contributed by atoms with Gasteiger partial charge < -0.3 is 15.3 Å². The summed E-state index contributed by atoms with van der Waals surface area (Å²) in [5.41, 5.74) is 0.175. The van der Waals surface area contributed by atoms with E-state index in [1.165, 1.54) is 23.1 Å². The van der Waals surface area contributed by atoms with Gasteiger partial charge in [0, 0.05) is 13.1 Å². The van der Waals surface area contributed by atoms with Crippen LogP contribution in [-0.2, 0) is 4.79 Å². The van der Waals surface area contributed by atoms with Gasteiger partial charge in [0.15, 0.2) is 0 Å². The monoisotopic (exact) mass is 300 g/mol. The molecule has 1 unspecified atom stereocenters. The summed E-state index contributed by atoms with van der Waals surface area (Å²) in [6.07, 6.45) is 1.18. The van der Waals surface area contributed by atoms with E-state index >= 15 is 0 Å². The van der Waals surface area contributed by atoms with Crippen molar-refractivity contribution in [1.29, 1.82) is 0 Å². The number of anilines is 1. The number of rotatable bonds is 2. The van der Waals surface area contributed by atoms with E-state index < -0.39 is 23.7 Å². The third-order valence-corrected chi connectivity index (χ3v) is 3.64. The number of aliphatic carboxylic acids is 1. The van der Waals surface area contributed by atoms with Crippen molar-refractivity contribution in [2.45, 2.75) is 12.8 Å². The number of carboxylic acid groups (broad SMARTS) is 1. The van der Waals surface area contributed by atoms with Crippen LogP contribution in [0.2, 0.25) is 5.02 Å². The molecule has 2 rings (SSSR count). The van der Waals surface area contributed by atoms with Crippen LogP contribution in [0.4, 0.5) is 14.9 Å². The number of nitrogens with one attached hydrogen (secondary N) is 1. The number of benzene rings is 1. The molecule has 1 aliphatic rings. The molecule has 1 aromatic carbocycles. The molecular weight excluding hydrogens is 287 g/mol. The van der Waals surface area contributed by atoms with Gasteiger partial charge in [-0.3, -0.25) is 4.79 Å². The van der Waals surface area contributed by atoms with E-state index in [1.807, 2.05) is 0 Å². The van der Waals surface area contributed by atoms with Crippen LogP contribution in [0.25, 0.3) is 0 Å². The van der Waals surface area contributed by atoms with Crippen LogP contribution in [0.5, 0.6) is 0 Å². The molecule has 7 heteroatoms. The zero-order chi connectivity index (χ0) is 14.7. The van der Waals surface area contributed by atoms with Crippen molar-refractivity contribution >= 4 is 29.3 Å². The summed E-state index contributed by atoms with van der Waals surface area (Å²) in [5, 5.41) is 11.3. The molecule has 1 aliphatic heterocycles. The van der Waals surface area contributed by atoms with Crippen molar-refractivity contribution in [3.05, 3.63) is 29.0 Å². The Hall–Kier alpha value is -1.82. The van der Waals surface area contributed by atoms with Crippen LogP contribution in [0.15, 0.2) is 18.2 Å². The van der Waals surface area contributed by atoms with E-state index in [4.69, 9.17) is 16.7 Å². The molecule has 0 aromatic heterocycles. The quantitative estimate of drug-likeness (QED) is 0.882. The molecule has 108 valence electrons. The van der Waals surface area contributed by atoms with Gasteiger partial charge in [-0.25, -0.2) is 9.18 Å².